The fraction of sp³-hybridized carbons (Fsp3) is 0.346. The average molecular weight is 560 g/mol. The van der Waals surface area contributed by atoms with Crippen LogP contribution in [0, 0.1) is 11.3 Å². The predicted octanol–water partition coefficient (Wildman–Crippen LogP) is 1.61. The zero-order valence-electron chi connectivity index (χ0n) is 20.9. The molecular weight excluding hydrogens is 530 g/mol. The first-order valence-electron chi connectivity index (χ1n) is 11.7. The van der Waals surface area contributed by atoms with Crippen LogP contribution in [0.25, 0.3) is 26.8 Å². The number of hydrogen-bond donors (Lipinski definition) is 5. The largest absolute Gasteiger partial charge is 0.394 e. The Labute approximate surface area is 224 Å². The summed E-state index contributed by atoms with van der Waals surface area (Å²) in [6, 6.07) is 15.8. The monoisotopic (exact) mass is 559 g/mol. The molecule has 1 aromatic heterocycles. The molecular formula is C26H29N3O7S2. The highest BCUT2D eigenvalue weighted by atomic mass is 32.2. The summed E-state index contributed by atoms with van der Waals surface area (Å²) in [5.41, 5.74) is 2.21. The number of thiophene rings is 1. The van der Waals surface area contributed by atoms with Gasteiger partial charge in [0, 0.05) is 29.5 Å². The molecule has 202 valence electrons. The summed E-state index contributed by atoms with van der Waals surface area (Å²) in [6.45, 7) is 0.809. The first-order valence-corrected chi connectivity index (χ1v) is 14.0. The van der Waals surface area contributed by atoms with E-state index in [0.717, 1.165) is 26.9 Å². The van der Waals surface area contributed by atoms with Gasteiger partial charge in [-0.2, -0.15) is 9.98 Å². The van der Waals surface area contributed by atoms with E-state index in [1.54, 1.807) is 12.1 Å². The molecule has 1 unspecified atom stereocenters. The van der Waals surface area contributed by atoms with Crippen LogP contribution < -0.4 is 9.62 Å². The van der Waals surface area contributed by atoms with E-state index in [-0.39, 0.29) is 5.57 Å². The summed E-state index contributed by atoms with van der Waals surface area (Å²) >= 11 is 1.32. The zero-order chi connectivity index (χ0) is 27.8. The smallest absolute Gasteiger partial charge is 0.251 e. The van der Waals surface area contributed by atoms with Crippen LogP contribution in [0.4, 0.5) is 5.69 Å². The molecule has 0 radical (unpaired) electrons. The number of aliphatic hydroxyl groups is 4. The number of nitrogens with one attached hydrogen (secondary N) is 1. The van der Waals surface area contributed by atoms with Gasteiger partial charge in [-0.15, -0.1) is 11.3 Å². The van der Waals surface area contributed by atoms with E-state index >= 15 is 0 Å². The highest BCUT2D eigenvalue weighted by molar-refractivity contribution is 7.93. The quantitative estimate of drug-likeness (QED) is 0.271. The number of allylic oxidation sites excluding steroid dienone is 2. The van der Waals surface area contributed by atoms with Gasteiger partial charge in [-0.1, -0.05) is 18.2 Å². The molecule has 1 aliphatic heterocycles. The average Bonchev–Trinajstić information content (AvgIpc) is 3.38. The van der Waals surface area contributed by atoms with Crippen molar-refractivity contribution in [2.24, 2.45) is 0 Å². The number of nitrogens with zero attached hydrogens (tertiary/aromatic N) is 2. The fourth-order valence-electron chi connectivity index (χ4n) is 4.28. The topological polar surface area (TPSA) is 163 Å². The van der Waals surface area contributed by atoms with E-state index in [0.29, 0.717) is 4.88 Å². The molecule has 1 aliphatic rings. The van der Waals surface area contributed by atoms with Gasteiger partial charge in [0.1, 0.15) is 30.4 Å². The van der Waals surface area contributed by atoms with Crippen LogP contribution in [0.5, 0.6) is 0 Å². The van der Waals surface area contributed by atoms with Gasteiger partial charge in [-0.3, -0.25) is 0 Å². The van der Waals surface area contributed by atoms with E-state index in [1.165, 1.54) is 18.3 Å². The minimum Gasteiger partial charge on any atom is -0.394 e. The summed E-state index contributed by atoms with van der Waals surface area (Å²) in [6.07, 6.45) is -6.57. The number of benzene rings is 2. The minimum absolute atomic E-state index is 0.183. The Bertz CT molecular complexity index is 1510. The standard InChI is InChI=1S/C26H29N3O7S2/c1-14(22(12-27)38(34,35)28-23-25(32)24(31)19(13-30)36-26(23)33)20-8-9-21(37-20)17-5-4-16-11-18(29(2)3)7-6-15(16)10-17/h4-11,19,23-26,28,30-33H,13H2,1-3H3/b22-14+/t19-,23-,24-,25-,26?/m1/s1. The molecule has 0 bridgehead atoms. The van der Waals surface area contributed by atoms with Crippen molar-refractivity contribution >= 4 is 43.4 Å². The van der Waals surface area contributed by atoms with E-state index in [4.69, 9.17) is 4.74 Å². The number of sulfonamides is 1. The molecule has 0 amide bonds. The molecule has 10 nitrogen and oxygen atoms in total. The minimum atomic E-state index is -4.53. The van der Waals surface area contributed by atoms with Gasteiger partial charge < -0.3 is 30.1 Å². The number of rotatable bonds is 7. The van der Waals surface area contributed by atoms with Crippen molar-refractivity contribution in [2.45, 2.75) is 37.6 Å². The summed E-state index contributed by atoms with van der Waals surface area (Å²) in [4.78, 5) is 2.86. The lowest BCUT2D eigenvalue weighted by molar-refractivity contribution is -0.251. The van der Waals surface area contributed by atoms with Gasteiger partial charge >= 0.3 is 0 Å². The maximum absolute atomic E-state index is 13.1. The molecule has 0 spiro atoms. The highest BCUT2D eigenvalue weighted by Crippen LogP contribution is 2.36. The Balaban J connectivity index is 1.61. The molecule has 0 saturated carbocycles. The molecule has 3 aromatic rings. The van der Waals surface area contributed by atoms with Gasteiger partial charge in [0.15, 0.2) is 11.2 Å². The van der Waals surface area contributed by atoms with Crippen LogP contribution in [0.3, 0.4) is 0 Å². The van der Waals surface area contributed by atoms with Crippen molar-refractivity contribution in [1.29, 1.82) is 5.26 Å². The molecule has 38 heavy (non-hydrogen) atoms. The summed E-state index contributed by atoms with van der Waals surface area (Å²) in [5, 5.41) is 51.6. The van der Waals surface area contributed by atoms with Crippen molar-refractivity contribution in [1.82, 2.24) is 4.72 Å². The van der Waals surface area contributed by atoms with Gasteiger partial charge in [-0.25, -0.2) is 8.42 Å². The molecule has 0 aliphatic carbocycles. The van der Waals surface area contributed by atoms with E-state index in [9.17, 15) is 34.1 Å². The number of aliphatic hydroxyl groups excluding tert-OH is 4. The van der Waals surface area contributed by atoms with E-state index in [1.807, 2.05) is 55.4 Å². The van der Waals surface area contributed by atoms with Gasteiger partial charge in [0.25, 0.3) is 10.0 Å². The highest BCUT2D eigenvalue weighted by Gasteiger charge is 2.45. The number of nitriles is 1. The van der Waals surface area contributed by atoms with Crippen molar-refractivity contribution in [3.8, 4) is 16.5 Å². The third kappa shape index (κ3) is 5.47. The van der Waals surface area contributed by atoms with Crippen LogP contribution in [-0.2, 0) is 14.8 Å². The number of fused-ring (bicyclic) bond motifs is 1. The number of hydrogen-bond acceptors (Lipinski definition) is 10. The van der Waals surface area contributed by atoms with Crippen LogP contribution in [0.2, 0.25) is 0 Å². The lowest BCUT2D eigenvalue weighted by Crippen LogP contribution is -2.64. The van der Waals surface area contributed by atoms with Gasteiger partial charge in [0.2, 0.25) is 0 Å². The second-order valence-electron chi connectivity index (χ2n) is 9.25. The first kappa shape index (κ1) is 28.2. The van der Waals surface area contributed by atoms with E-state index in [2.05, 4.69) is 10.8 Å². The summed E-state index contributed by atoms with van der Waals surface area (Å²) in [5.74, 6) is 0. The molecule has 2 heterocycles. The Kier molecular flexibility index (Phi) is 8.22. The lowest BCUT2D eigenvalue weighted by atomic mass is 9.98. The van der Waals surface area contributed by atoms with Crippen LogP contribution in [0.1, 0.15) is 11.8 Å². The maximum Gasteiger partial charge on any atom is 0.251 e. The third-order valence-electron chi connectivity index (χ3n) is 6.50. The predicted molar refractivity (Wildman–Crippen MR) is 146 cm³/mol. The zero-order valence-corrected chi connectivity index (χ0v) is 22.6. The normalized spacial score (nSPS) is 24.6. The lowest BCUT2D eigenvalue weighted by Gasteiger charge is -2.40. The van der Waals surface area contributed by atoms with Crippen LogP contribution >= 0.6 is 11.3 Å². The van der Waals surface area contributed by atoms with Crippen LogP contribution in [0.15, 0.2) is 53.4 Å². The summed E-state index contributed by atoms with van der Waals surface area (Å²) in [7, 11) is -0.572. The van der Waals surface area contributed by atoms with E-state index < -0.39 is 52.2 Å². The van der Waals surface area contributed by atoms with Crippen molar-refractivity contribution in [2.75, 3.05) is 25.6 Å². The Morgan fingerprint density at radius 3 is 2.42 bits per heavy atom. The SMILES string of the molecule is C/C(=C(/C#N)S(=O)(=O)N[C@H]1C(O)O[C@H](CO)[C@@H](O)[C@@H]1O)c1ccc(-c2ccc3cc(N(C)C)ccc3c2)s1. The molecule has 4 rings (SSSR count). The summed E-state index contributed by atoms with van der Waals surface area (Å²) < 4.78 is 33.3. The molecule has 5 N–H and O–H groups in total. The van der Waals surface area contributed by atoms with Gasteiger partial charge in [0.05, 0.1) is 6.61 Å². The van der Waals surface area contributed by atoms with Crippen molar-refractivity contribution in [3.63, 3.8) is 0 Å². The molecule has 12 heteroatoms. The molecule has 1 saturated heterocycles. The Morgan fingerprint density at radius 1 is 1.08 bits per heavy atom. The van der Waals surface area contributed by atoms with Gasteiger partial charge in [-0.05, 0) is 59.2 Å². The number of ether oxygens (including phenoxy) is 1. The molecule has 2 aromatic carbocycles. The third-order valence-corrected chi connectivity index (χ3v) is 9.27. The van der Waals surface area contributed by atoms with Crippen molar-refractivity contribution < 1.29 is 33.6 Å². The van der Waals surface area contributed by atoms with Crippen LogP contribution in [-0.4, -0.2) is 80.2 Å². The second kappa shape index (κ2) is 11.1. The maximum atomic E-state index is 13.1. The fourth-order valence-corrected chi connectivity index (χ4v) is 6.72. The van der Waals surface area contributed by atoms with Crippen molar-refractivity contribution in [3.05, 3.63) is 58.3 Å². The first-order chi connectivity index (χ1) is 18.0. The second-order valence-corrected chi connectivity index (χ2v) is 12.0. The Morgan fingerprint density at radius 2 is 1.76 bits per heavy atom. The molecule has 5 atom stereocenters. The number of anilines is 1. The Hall–Kier alpha value is -2.86. The molecule has 1 fully saturated rings.